The van der Waals surface area contributed by atoms with E-state index in [1.165, 1.54) is 0 Å². The number of halogens is 1. The summed E-state index contributed by atoms with van der Waals surface area (Å²) in [5.41, 5.74) is 3.15. The summed E-state index contributed by atoms with van der Waals surface area (Å²) < 4.78 is 0. The van der Waals surface area contributed by atoms with E-state index in [4.69, 9.17) is 16.4 Å². The Hall–Kier alpha value is -1.28. The third-order valence-corrected chi connectivity index (χ3v) is 2.28. The van der Waals surface area contributed by atoms with E-state index in [2.05, 4.69) is 5.16 Å². The predicted octanol–water partition coefficient (Wildman–Crippen LogP) is 3.13. The molecule has 14 heavy (non-hydrogen) atoms. The smallest absolute Gasteiger partial charge is 0.142 e. The van der Waals surface area contributed by atoms with Crippen molar-refractivity contribution in [2.24, 2.45) is 5.16 Å². The third-order valence-electron chi connectivity index (χ3n) is 2.03. The number of benzene rings is 1. The van der Waals surface area contributed by atoms with E-state index in [0.29, 0.717) is 6.61 Å². The van der Waals surface area contributed by atoms with Crippen molar-refractivity contribution in [1.29, 1.82) is 0 Å². The molecule has 0 saturated carbocycles. The number of allylic oxidation sites excluding steroid dienone is 1. The van der Waals surface area contributed by atoms with Crippen LogP contribution in [0.25, 0.3) is 5.57 Å². The maximum Gasteiger partial charge on any atom is 0.142 e. The van der Waals surface area contributed by atoms with Gasteiger partial charge in [0.1, 0.15) is 6.61 Å². The quantitative estimate of drug-likeness (QED) is 0.694. The number of rotatable bonds is 1. The highest BCUT2D eigenvalue weighted by atomic mass is 35.5. The zero-order valence-electron chi connectivity index (χ0n) is 7.83. The number of hydrogen-bond donors (Lipinski definition) is 0. The van der Waals surface area contributed by atoms with Crippen LogP contribution in [0, 0.1) is 0 Å². The van der Waals surface area contributed by atoms with Gasteiger partial charge in [-0.3, -0.25) is 0 Å². The van der Waals surface area contributed by atoms with Crippen LogP contribution in [0.1, 0.15) is 12.5 Å². The van der Waals surface area contributed by atoms with Crippen LogP contribution < -0.4 is 0 Å². The van der Waals surface area contributed by atoms with Crippen LogP contribution in [-0.2, 0) is 4.84 Å². The van der Waals surface area contributed by atoms with Gasteiger partial charge in [-0.2, -0.15) is 0 Å². The molecule has 0 spiro atoms. The first-order chi connectivity index (χ1) is 6.75. The van der Waals surface area contributed by atoms with E-state index < -0.39 is 0 Å². The van der Waals surface area contributed by atoms with Crippen LogP contribution in [-0.4, -0.2) is 12.3 Å². The summed E-state index contributed by atoms with van der Waals surface area (Å²) in [7, 11) is 0. The van der Waals surface area contributed by atoms with Gasteiger partial charge >= 0.3 is 0 Å². The van der Waals surface area contributed by atoms with Gasteiger partial charge in [-0.05, 0) is 30.7 Å². The van der Waals surface area contributed by atoms with E-state index in [1.54, 1.807) is 0 Å². The van der Waals surface area contributed by atoms with Gasteiger partial charge in [0.2, 0.25) is 0 Å². The number of hydrogen-bond acceptors (Lipinski definition) is 2. The van der Waals surface area contributed by atoms with Gasteiger partial charge in [-0.15, -0.1) is 0 Å². The third kappa shape index (κ3) is 1.96. The maximum absolute atomic E-state index is 5.80. The van der Waals surface area contributed by atoms with E-state index in [-0.39, 0.29) is 0 Å². The second-order valence-electron chi connectivity index (χ2n) is 3.18. The average molecular weight is 208 g/mol. The second-order valence-corrected chi connectivity index (χ2v) is 3.62. The summed E-state index contributed by atoms with van der Waals surface area (Å²) in [5.74, 6) is 0. The van der Waals surface area contributed by atoms with Crippen molar-refractivity contribution in [3.63, 3.8) is 0 Å². The van der Waals surface area contributed by atoms with Crippen LogP contribution in [0.3, 0.4) is 0 Å². The molecule has 0 radical (unpaired) electrons. The lowest BCUT2D eigenvalue weighted by molar-refractivity contribution is 0.177. The highest BCUT2D eigenvalue weighted by Crippen LogP contribution is 2.20. The fourth-order valence-electron chi connectivity index (χ4n) is 1.35. The summed E-state index contributed by atoms with van der Waals surface area (Å²) in [5, 5.41) is 4.58. The average Bonchev–Trinajstić information content (AvgIpc) is 2.19. The van der Waals surface area contributed by atoms with Crippen molar-refractivity contribution < 1.29 is 4.84 Å². The minimum Gasteiger partial charge on any atom is -0.391 e. The molecular formula is C11H10ClNO. The first-order valence-electron chi connectivity index (χ1n) is 4.39. The van der Waals surface area contributed by atoms with Crippen LogP contribution >= 0.6 is 11.6 Å². The molecule has 72 valence electrons. The van der Waals surface area contributed by atoms with Gasteiger partial charge in [0.25, 0.3) is 0 Å². The molecule has 0 amide bonds. The lowest BCUT2D eigenvalue weighted by atomic mass is 10.1. The van der Waals surface area contributed by atoms with Gasteiger partial charge in [-0.25, -0.2) is 0 Å². The largest absolute Gasteiger partial charge is 0.391 e. The van der Waals surface area contributed by atoms with Crippen LogP contribution in [0.5, 0.6) is 0 Å². The molecule has 2 nitrogen and oxygen atoms in total. The van der Waals surface area contributed by atoms with E-state index in [9.17, 15) is 0 Å². The molecule has 2 rings (SSSR count). The molecule has 3 heteroatoms. The number of oxime groups is 1. The van der Waals surface area contributed by atoms with Gasteiger partial charge in [0, 0.05) is 10.6 Å². The van der Waals surface area contributed by atoms with Crippen molar-refractivity contribution in [3.05, 3.63) is 40.9 Å². The Bertz CT molecular complexity index is 392. The molecule has 1 aromatic rings. The SMILES string of the molecule is CC1=NOCC(c2ccc(Cl)cc2)=C1. The molecule has 0 atom stereocenters. The van der Waals surface area contributed by atoms with Crippen molar-refractivity contribution in [2.75, 3.05) is 6.61 Å². The molecule has 0 aliphatic carbocycles. The Labute approximate surface area is 87.8 Å². The molecule has 1 aliphatic rings. The Morgan fingerprint density at radius 2 is 2.00 bits per heavy atom. The highest BCUT2D eigenvalue weighted by Gasteiger charge is 2.07. The standard InChI is InChI=1S/C11H10ClNO/c1-8-6-10(7-14-13-8)9-2-4-11(12)5-3-9/h2-6H,7H2,1H3. The molecular weight excluding hydrogens is 198 g/mol. The van der Waals surface area contributed by atoms with Crippen molar-refractivity contribution in [2.45, 2.75) is 6.92 Å². The zero-order valence-corrected chi connectivity index (χ0v) is 8.58. The Morgan fingerprint density at radius 3 is 2.64 bits per heavy atom. The monoisotopic (exact) mass is 207 g/mol. The highest BCUT2D eigenvalue weighted by molar-refractivity contribution is 6.30. The van der Waals surface area contributed by atoms with E-state index in [0.717, 1.165) is 21.9 Å². The van der Waals surface area contributed by atoms with Crippen LogP contribution in [0.2, 0.25) is 5.02 Å². The van der Waals surface area contributed by atoms with Crippen molar-refractivity contribution in [3.8, 4) is 0 Å². The van der Waals surface area contributed by atoms with E-state index in [1.807, 2.05) is 37.3 Å². The Kier molecular flexibility index (Phi) is 2.55. The van der Waals surface area contributed by atoms with E-state index >= 15 is 0 Å². The first-order valence-corrected chi connectivity index (χ1v) is 4.76. The molecule has 1 aliphatic heterocycles. The molecule has 0 unspecified atom stereocenters. The van der Waals surface area contributed by atoms with Crippen molar-refractivity contribution in [1.82, 2.24) is 0 Å². The Balaban J connectivity index is 2.31. The second kappa shape index (κ2) is 3.84. The minimum atomic E-state index is 0.527. The predicted molar refractivity (Wildman–Crippen MR) is 58.5 cm³/mol. The molecule has 0 saturated heterocycles. The molecule has 0 bridgehead atoms. The molecule has 0 fully saturated rings. The molecule has 1 heterocycles. The van der Waals surface area contributed by atoms with Gasteiger partial charge in [0.05, 0.1) is 5.71 Å². The summed E-state index contributed by atoms with van der Waals surface area (Å²) in [6, 6.07) is 7.71. The molecule has 0 aromatic heterocycles. The van der Waals surface area contributed by atoms with Crippen LogP contribution in [0.15, 0.2) is 35.5 Å². The van der Waals surface area contributed by atoms with Gasteiger partial charge in [-0.1, -0.05) is 28.9 Å². The molecule has 0 N–H and O–H groups in total. The summed E-state index contributed by atoms with van der Waals surface area (Å²) in [6.45, 7) is 2.44. The van der Waals surface area contributed by atoms with Gasteiger partial charge < -0.3 is 4.84 Å². The minimum absolute atomic E-state index is 0.527. The fourth-order valence-corrected chi connectivity index (χ4v) is 1.48. The lowest BCUT2D eigenvalue weighted by Crippen LogP contribution is -2.03. The maximum atomic E-state index is 5.80. The normalized spacial score (nSPS) is 15.6. The first kappa shape index (κ1) is 9.28. The summed E-state index contributed by atoms with van der Waals surface area (Å²) >= 11 is 5.80. The fraction of sp³-hybridized carbons (Fsp3) is 0.182. The topological polar surface area (TPSA) is 21.6 Å². The van der Waals surface area contributed by atoms with Crippen LogP contribution in [0.4, 0.5) is 0 Å². The molecule has 1 aromatic carbocycles. The van der Waals surface area contributed by atoms with Gasteiger partial charge in [0.15, 0.2) is 0 Å². The van der Waals surface area contributed by atoms with Crippen molar-refractivity contribution >= 4 is 22.9 Å². The Morgan fingerprint density at radius 1 is 1.29 bits per heavy atom. The lowest BCUT2D eigenvalue weighted by Gasteiger charge is -2.11. The number of nitrogens with zero attached hydrogens (tertiary/aromatic N) is 1. The summed E-state index contributed by atoms with van der Waals surface area (Å²) in [4.78, 5) is 5.07. The zero-order chi connectivity index (χ0) is 9.97. The summed E-state index contributed by atoms with van der Waals surface area (Å²) in [6.07, 6.45) is 2.02.